The van der Waals surface area contributed by atoms with Gasteiger partial charge in [0.2, 0.25) is 0 Å². The summed E-state index contributed by atoms with van der Waals surface area (Å²) in [5, 5.41) is 3.93. The average Bonchev–Trinajstić information content (AvgIpc) is 2.37. The molecule has 0 saturated heterocycles. The van der Waals surface area contributed by atoms with E-state index in [1.165, 1.54) is 34.4 Å². The van der Waals surface area contributed by atoms with Crippen LogP contribution in [-0.2, 0) is 0 Å². The molecule has 1 N–H and O–H groups in total. The Morgan fingerprint density at radius 2 is 1.71 bits per heavy atom. The van der Waals surface area contributed by atoms with E-state index >= 15 is 0 Å². The summed E-state index contributed by atoms with van der Waals surface area (Å²) in [5.41, 5.74) is 5.82. The molecule has 0 aliphatic carbocycles. The fourth-order valence-corrected chi connectivity index (χ4v) is 3.23. The number of nitrogens with one attached hydrogen (secondary N) is 1. The van der Waals surface area contributed by atoms with Crippen LogP contribution in [0.2, 0.25) is 5.02 Å². The molecule has 0 heterocycles. The first-order chi connectivity index (χ1) is 9.93. The first-order valence-corrected chi connectivity index (χ1v) is 7.58. The monoisotopic (exact) mass is 305 g/mol. The molecule has 21 heavy (non-hydrogen) atoms. The van der Waals surface area contributed by atoms with E-state index in [4.69, 9.17) is 11.6 Å². The number of halogens is 2. The summed E-state index contributed by atoms with van der Waals surface area (Å²) in [5.74, 6) is -0.309. The summed E-state index contributed by atoms with van der Waals surface area (Å²) in [4.78, 5) is 0. The summed E-state index contributed by atoms with van der Waals surface area (Å²) in [6.45, 7) is 9.18. The van der Waals surface area contributed by atoms with Crippen molar-refractivity contribution >= 4 is 11.6 Å². The molecule has 2 aromatic carbocycles. The van der Waals surface area contributed by atoms with Crippen LogP contribution in [0.25, 0.3) is 0 Å². The van der Waals surface area contributed by atoms with Crippen LogP contribution < -0.4 is 5.32 Å². The topological polar surface area (TPSA) is 12.0 Å². The Balaban J connectivity index is 2.59. The zero-order valence-corrected chi connectivity index (χ0v) is 13.7. The van der Waals surface area contributed by atoms with Crippen LogP contribution in [0, 0.1) is 26.6 Å². The molecule has 0 aliphatic heterocycles. The number of aryl methyl sites for hydroxylation is 3. The van der Waals surface area contributed by atoms with Crippen molar-refractivity contribution in [1.82, 2.24) is 5.32 Å². The van der Waals surface area contributed by atoms with Gasteiger partial charge < -0.3 is 5.32 Å². The molecule has 3 heteroatoms. The van der Waals surface area contributed by atoms with Crippen molar-refractivity contribution < 1.29 is 4.39 Å². The van der Waals surface area contributed by atoms with E-state index < -0.39 is 0 Å². The van der Waals surface area contributed by atoms with Gasteiger partial charge in [0, 0.05) is 5.02 Å². The van der Waals surface area contributed by atoms with Crippen molar-refractivity contribution in [2.24, 2.45) is 0 Å². The molecular formula is C18H21ClFN. The van der Waals surface area contributed by atoms with Gasteiger partial charge in [0.1, 0.15) is 5.82 Å². The predicted octanol–water partition coefficient (Wildman–Crippen LogP) is 5.10. The standard InChI is InChI=1S/C18H21ClFN/c1-5-21-18(15-7-6-14(20)10-16(15)19)17-12(3)8-11(2)9-13(17)4/h6-10,18,21H,5H2,1-4H3. The minimum absolute atomic E-state index is 0.0244. The lowest BCUT2D eigenvalue weighted by atomic mass is 9.90. The molecule has 0 fully saturated rings. The lowest BCUT2D eigenvalue weighted by molar-refractivity contribution is 0.611. The minimum Gasteiger partial charge on any atom is -0.306 e. The molecule has 0 aliphatic rings. The van der Waals surface area contributed by atoms with Crippen LogP contribution in [-0.4, -0.2) is 6.54 Å². The van der Waals surface area contributed by atoms with Crippen molar-refractivity contribution in [3.8, 4) is 0 Å². The lowest BCUT2D eigenvalue weighted by Gasteiger charge is -2.24. The Kier molecular flexibility index (Phi) is 5.02. The van der Waals surface area contributed by atoms with Gasteiger partial charge in [0.05, 0.1) is 6.04 Å². The Hall–Kier alpha value is -1.38. The molecule has 0 radical (unpaired) electrons. The summed E-state index contributed by atoms with van der Waals surface area (Å²) in [6, 6.07) is 8.92. The third kappa shape index (κ3) is 3.45. The van der Waals surface area contributed by atoms with Gasteiger partial charge >= 0.3 is 0 Å². The van der Waals surface area contributed by atoms with E-state index in [-0.39, 0.29) is 11.9 Å². The molecule has 1 nitrogen and oxygen atoms in total. The highest BCUT2D eigenvalue weighted by Gasteiger charge is 2.20. The Morgan fingerprint density at radius 3 is 2.24 bits per heavy atom. The van der Waals surface area contributed by atoms with Crippen LogP contribution >= 0.6 is 11.6 Å². The molecule has 0 spiro atoms. The van der Waals surface area contributed by atoms with Crippen LogP contribution in [0.3, 0.4) is 0 Å². The second-order valence-electron chi connectivity index (χ2n) is 5.47. The van der Waals surface area contributed by atoms with Gasteiger partial charge in [-0.25, -0.2) is 4.39 Å². The third-order valence-electron chi connectivity index (χ3n) is 3.71. The van der Waals surface area contributed by atoms with Gasteiger partial charge in [-0.1, -0.05) is 42.3 Å². The van der Waals surface area contributed by atoms with Gasteiger partial charge in [0.25, 0.3) is 0 Å². The second kappa shape index (κ2) is 6.59. The van der Waals surface area contributed by atoms with Gasteiger partial charge in [-0.15, -0.1) is 0 Å². The Bertz CT molecular complexity index is 629. The van der Waals surface area contributed by atoms with Crippen molar-refractivity contribution in [3.63, 3.8) is 0 Å². The molecule has 1 atom stereocenters. The highest BCUT2D eigenvalue weighted by Crippen LogP contribution is 2.33. The number of benzene rings is 2. The smallest absolute Gasteiger partial charge is 0.124 e. The first kappa shape index (κ1) is 16.0. The molecule has 0 bridgehead atoms. The third-order valence-corrected chi connectivity index (χ3v) is 4.04. The first-order valence-electron chi connectivity index (χ1n) is 7.20. The zero-order valence-electron chi connectivity index (χ0n) is 12.9. The maximum atomic E-state index is 13.3. The highest BCUT2D eigenvalue weighted by molar-refractivity contribution is 6.31. The summed E-state index contributed by atoms with van der Waals surface area (Å²) in [6.07, 6.45) is 0. The number of hydrogen-bond acceptors (Lipinski definition) is 1. The second-order valence-corrected chi connectivity index (χ2v) is 5.88. The minimum atomic E-state index is -0.309. The molecule has 0 amide bonds. The van der Waals surface area contributed by atoms with Crippen molar-refractivity contribution in [2.45, 2.75) is 33.7 Å². The zero-order chi connectivity index (χ0) is 15.6. The van der Waals surface area contributed by atoms with E-state index in [2.05, 4.69) is 45.1 Å². The lowest BCUT2D eigenvalue weighted by Crippen LogP contribution is -2.24. The van der Waals surface area contributed by atoms with Crippen LogP contribution in [0.5, 0.6) is 0 Å². The normalized spacial score (nSPS) is 12.5. The molecule has 112 valence electrons. The molecule has 1 unspecified atom stereocenters. The Labute approximate surface area is 131 Å². The van der Waals surface area contributed by atoms with Gasteiger partial charge in [0.15, 0.2) is 0 Å². The maximum Gasteiger partial charge on any atom is 0.124 e. The quantitative estimate of drug-likeness (QED) is 0.828. The summed E-state index contributed by atoms with van der Waals surface area (Å²) < 4.78 is 13.3. The fraction of sp³-hybridized carbons (Fsp3) is 0.333. The molecular weight excluding hydrogens is 285 g/mol. The summed E-state index contributed by atoms with van der Waals surface area (Å²) in [7, 11) is 0. The van der Waals surface area contributed by atoms with Crippen molar-refractivity contribution in [3.05, 3.63) is 69.0 Å². The van der Waals surface area contributed by atoms with Crippen LogP contribution in [0.15, 0.2) is 30.3 Å². The molecule has 2 aromatic rings. The van der Waals surface area contributed by atoms with Gasteiger partial charge in [-0.2, -0.15) is 0 Å². The number of hydrogen-bond donors (Lipinski definition) is 1. The highest BCUT2D eigenvalue weighted by atomic mass is 35.5. The maximum absolute atomic E-state index is 13.3. The van der Waals surface area contributed by atoms with E-state index in [9.17, 15) is 4.39 Å². The van der Waals surface area contributed by atoms with Gasteiger partial charge in [-0.05, 0) is 61.7 Å². The molecule has 0 saturated carbocycles. The van der Waals surface area contributed by atoms with E-state index in [0.717, 1.165) is 12.1 Å². The van der Waals surface area contributed by atoms with E-state index in [1.807, 2.05) is 0 Å². The van der Waals surface area contributed by atoms with Crippen molar-refractivity contribution in [2.75, 3.05) is 6.54 Å². The largest absolute Gasteiger partial charge is 0.306 e. The summed E-state index contributed by atoms with van der Waals surface area (Å²) >= 11 is 6.27. The Morgan fingerprint density at radius 1 is 1.10 bits per heavy atom. The van der Waals surface area contributed by atoms with Crippen LogP contribution in [0.4, 0.5) is 4.39 Å². The fourth-order valence-electron chi connectivity index (χ4n) is 2.95. The van der Waals surface area contributed by atoms with Crippen molar-refractivity contribution in [1.29, 1.82) is 0 Å². The SMILES string of the molecule is CCNC(c1ccc(F)cc1Cl)c1c(C)cc(C)cc1C. The van der Waals surface area contributed by atoms with E-state index in [1.54, 1.807) is 6.07 Å². The van der Waals surface area contributed by atoms with E-state index in [0.29, 0.717) is 5.02 Å². The predicted molar refractivity (Wildman–Crippen MR) is 87.6 cm³/mol. The number of rotatable bonds is 4. The van der Waals surface area contributed by atoms with Gasteiger partial charge in [-0.3, -0.25) is 0 Å². The molecule has 0 aromatic heterocycles. The molecule has 2 rings (SSSR count). The average molecular weight is 306 g/mol. The van der Waals surface area contributed by atoms with Crippen LogP contribution in [0.1, 0.15) is 40.8 Å².